The highest BCUT2D eigenvalue weighted by Crippen LogP contribution is 2.48. The lowest BCUT2D eigenvalue weighted by Crippen LogP contribution is -2.52. The summed E-state index contributed by atoms with van der Waals surface area (Å²) in [7, 11) is 1.49. The van der Waals surface area contributed by atoms with Gasteiger partial charge in [0.2, 0.25) is 11.8 Å². The average Bonchev–Trinajstić information content (AvgIpc) is 3.39. The first-order chi connectivity index (χ1) is 18.0. The molecule has 4 atom stereocenters. The number of methoxy groups -OCH3 is 1. The summed E-state index contributed by atoms with van der Waals surface area (Å²) in [5.74, 6) is 0.457. The van der Waals surface area contributed by atoms with Crippen LogP contribution in [0.4, 0.5) is 0 Å². The molecule has 3 heterocycles. The molecule has 1 aromatic heterocycles. The Morgan fingerprint density at radius 1 is 1.24 bits per heavy atom. The Kier molecular flexibility index (Phi) is 8.39. The molecule has 3 N–H and O–H groups in total. The molecule has 8 nitrogen and oxygen atoms in total. The highest BCUT2D eigenvalue weighted by atomic mass is 16.5. The number of amides is 1. The number of hydrogen-bond donors (Lipinski definition) is 3. The number of carbonyl (C=O) groups excluding carboxylic acids is 1. The zero-order valence-corrected chi connectivity index (χ0v) is 21.7. The van der Waals surface area contributed by atoms with Gasteiger partial charge in [0.05, 0.1) is 18.2 Å². The average molecular weight is 510 g/mol. The van der Waals surface area contributed by atoms with Crippen LogP contribution in [0.3, 0.4) is 0 Å². The first kappa shape index (κ1) is 26.1. The van der Waals surface area contributed by atoms with Crippen LogP contribution in [0.25, 0.3) is 0 Å². The van der Waals surface area contributed by atoms with Crippen molar-refractivity contribution in [1.29, 1.82) is 0 Å². The molecule has 2 aromatic rings. The van der Waals surface area contributed by atoms with E-state index in [1.165, 1.54) is 7.11 Å². The number of nitrogens with zero attached hydrogens (tertiary/aromatic N) is 1. The number of rotatable bonds is 11. The Morgan fingerprint density at radius 2 is 2.08 bits per heavy atom. The van der Waals surface area contributed by atoms with Crippen molar-refractivity contribution in [2.45, 2.75) is 81.3 Å². The van der Waals surface area contributed by atoms with Crippen molar-refractivity contribution >= 4 is 5.91 Å². The summed E-state index contributed by atoms with van der Waals surface area (Å²) in [6.07, 6.45) is 9.02. The minimum Gasteiger partial charge on any atom is -0.471 e. The SMILES string of the molecule is COCC(=O)N[C@@H](Cc1ccccc1)[C@@H](O)CN[C@H]1CC2(CCC2)Oc2ncc(C[C@H]3CCCO3)cc21. The van der Waals surface area contributed by atoms with E-state index in [2.05, 4.69) is 16.7 Å². The van der Waals surface area contributed by atoms with E-state index in [4.69, 9.17) is 19.2 Å². The topological polar surface area (TPSA) is 102 Å². The smallest absolute Gasteiger partial charge is 0.246 e. The van der Waals surface area contributed by atoms with Gasteiger partial charge >= 0.3 is 0 Å². The molecular weight excluding hydrogens is 470 g/mol. The first-order valence-electron chi connectivity index (χ1n) is 13.6. The van der Waals surface area contributed by atoms with Crippen molar-refractivity contribution in [3.05, 3.63) is 59.3 Å². The highest BCUT2D eigenvalue weighted by molar-refractivity contribution is 5.77. The van der Waals surface area contributed by atoms with E-state index in [9.17, 15) is 9.90 Å². The van der Waals surface area contributed by atoms with Crippen LogP contribution in [0, 0.1) is 0 Å². The maximum absolute atomic E-state index is 12.3. The van der Waals surface area contributed by atoms with Gasteiger partial charge in [-0.25, -0.2) is 4.98 Å². The molecule has 0 bridgehead atoms. The number of nitrogens with one attached hydrogen (secondary N) is 2. The molecule has 1 amide bonds. The second kappa shape index (κ2) is 11.9. The third kappa shape index (κ3) is 6.49. The number of hydrogen-bond acceptors (Lipinski definition) is 7. The number of fused-ring (bicyclic) bond motifs is 1. The van der Waals surface area contributed by atoms with Crippen LogP contribution < -0.4 is 15.4 Å². The van der Waals surface area contributed by atoms with Gasteiger partial charge in [-0.3, -0.25) is 4.79 Å². The van der Waals surface area contributed by atoms with E-state index in [0.717, 1.165) is 68.2 Å². The molecule has 1 saturated carbocycles. The third-order valence-electron chi connectivity index (χ3n) is 7.91. The Balaban J connectivity index is 1.29. The molecule has 200 valence electrons. The Bertz CT molecular complexity index is 1040. The molecule has 1 aliphatic carbocycles. The molecule has 5 rings (SSSR count). The van der Waals surface area contributed by atoms with Gasteiger partial charge in [0, 0.05) is 50.9 Å². The van der Waals surface area contributed by atoms with Gasteiger partial charge in [-0.05, 0) is 55.7 Å². The van der Waals surface area contributed by atoms with Gasteiger partial charge in [0.15, 0.2) is 0 Å². The zero-order valence-electron chi connectivity index (χ0n) is 21.7. The number of aliphatic hydroxyl groups excluding tert-OH is 1. The third-order valence-corrected chi connectivity index (χ3v) is 7.91. The van der Waals surface area contributed by atoms with Gasteiger partial charge in [-0.15, -0.1) is 0 Å². The minimum absolute atomic E-state index is 0.0164. The number of carbonyl (C=O) groups is 1. The van der Waals surface area contributed by atoms with Crippen LogP contribution in [-0.2, 0) is 27.1 Å². The van der Waals surface area contributed by atoms with E-state index >= 15 is 0 Å². The summed E-state index contributed by atoms with van der Waals surface area (Å²) in [5.41, 5.74) is 3.08. The Hall–Kier alpha value is -2.52. The maximum atomic E-state index is 12.3. The summed E-state index contributed by atoms with van der Waals surface area (Å²) in [6.45, 7) is 1.13. The van der Waals surface area contributed by atoms with Crippen molar-refractivity contribution in [2.75, 3.05) is 26.9 Å². The van der Waals surface area contributed by atoms with Gasteiger partial charge < -0.3 is 30.0 Å². The maximum Gasteiger partial charge on any atom is 0.246 e. The minimum atomic E-state index is -0.785. The van der Waals surface area contributed by atoms with Crippen LogP contribution in [0.2, 0.25) is 0 Å². The first-order valence-corrected chi connectivity index (χ1v) is 13.6. The van der Waals surface area contributed by atoms with Gasteiger partial charge in [-0.2, -0.15) is 0 Å². The van der Waals surface area contributed by atoms with E-state index in [1.54, 1.807) is 0 Å². The number of aliphatic hydroxyl groups is 1. The summed E-state index contributed by atoms with van der Waals surface area (Å²) < 4.78 is 17.2. The predicted octanol–water partition coefficient (Wildman–Crippen LogP) is 2.87. The molecule has 2 fully saturated rings. The zero-order chi connectivity index (χ0) is 25.7. The van der Waals surface area contributed by atoms with Crippen molar-refractivity contribution in [1.82, 2.24) is 15.6 Å². The Labute approximate surface area is 219 Å². The fraction of sp³-hybridized carbons (Fsp3) is 0.586. The van der Waals surface area contributed by atoms with E-state index < -0.39 is 12.1 Å². The second-order valence-corrected chi connectivity index (χ2v) is 10.7. The summed E-state index contributed by atoms with van der Waals surface area (Å²) in [5, 5.41) is 17.8. The molecule has 1 spiro atoms. The normalized spacial score (nSPS) is 23.5. The van der Waals surface area contributed by atoms with Crippen molar-refractivity contribution in [3.8, 4) is 5.88 Å². The molecule has 1 saturated heterocycles. The van der Waals surface area contributed by atoms with Crippen molar-refractivity contribution in [3.63, 3.8) is 0 Å². The standard InChI is InChI=1S/C29H39N3O5/c1-35-19-27(34)32-24(15-20-7-3-2-4-8-20)26(33)18-30-25-16-29(10-6-11-29)37-28-23(25)14-21(17-31-28)13-22-9-5-12-36-22/h2-4,7-8,14,17,22,24-26,30,33H,5-6,9-13,15-16,18-19H2,1H3,(H,32,34)/t22-,24+,25+,26+/m1/s1. The second-order valence-electron chi connectivity index (χ2n) is 10.7. The predicted molar refractivity (Wildman–Crippen MR) is 139 cm³/mol. The molecule has 1 aromatic carbocycles. The molecular formula is C29H39N3O5. The van der Waals surface area contributed by atoms with Crippen LogP contribution >= 0.6 is 0 Å². The van der Waals surface area contributed by atoms with Gasteiger partial charge in [0.25, 0.3) is 0 Å². The number of pyridine rings is 1. The fourth-order valence-corrected chi connectivity index (χ4v) is 5.75. The molecule has 0 unspecified atom stereocenters. The number of aromatic nitrogens is 1. The highest BCUT2D eigenvalue weighted by Gasteiger charge is 2.46. The Morgan fingerprint density at radius 3 is 2.78 bits per heavy atom. The lowest BCUT2D eigenvalue weighted by Gasteiger charge is -2.47. The lowest BCUT2D eigenvalue weighted by atomic mass is 9.73. The van der Waals surface area contributed by atoms with E-state index in [0.29, 0.717) is 18.8 Å². The molecule has 0 radical (unpaired) electrons. The molecule has 8 heteroatoms. The van der Waals surface area contributed by atoms with Gasteiger partial charge in [0.1, 0.15) is 12.2 Å². The quantitative estimate of drug-likeness (QED) is 0.428. The number of benzene rings is 1. The summed E-state index contributed by atoms with van der Waals surface area (Å²) in [4.78, 5) is 17.0. The van der Waals surface area contributed by atoms with Crippen LogP contribution in [-0.4, -0.2) is 66.7 Å². The van der Waals surface area contributed by atoms with Crippen LogP contribution in [0.1, 0.15) is 61.3 Å². The fourth-order valence-electron chi connectivity index (χ4n) is 5.75. The molecule has 2 aliphatic heterocycles. The largest absolute Gasteiger partial charge is 0.471 e. The summed E-state index contributed by atoms with van der Waals surface area (Å²) >= 11 is 0. The lowest BCUT2D eigenvalue weighted by molar-refractivity contribution is -0.126. The van der Waals surface area contributed by atoms with Crippen LogP contribution in [0.5, 0.6) is 5.88 Å². The van der Waals surface area contributed by atoms with Gasteiger partial charge in [-0.1, -0.05) is 30.3 Å². The molecule has 37 heavy (non-hydrogen) atoms. The monoisotopic (exact) mass is 509 g/mol. The van der Waals surface area contributed by atoms with Crippen LogP contribution in [0.15, 0.2) is 42.6 Å². The van der Waals surface area contributed by atoms with Crippen molar-refractivity contribution in [2.24, 2.45) is 0 Å². The summed E-state index contributed by atoms with van der Waals surface area (Å²) in [6, 6.07) is 11.7. The molecule has 3 aliphatic rings. The van der Waals surface area contributed by atoms with Crippen molar-refractivity contribution < 1.29 is 24.1 Å². The van der Waals surface area contributed by atoms with E-state index in [-0.39, 0.29) is 30.3 Å². The van der Waals surface area contributed by atoms with E-state index in [1.807, 2.05) is 36.5 Å². The number of ether oxygens (including phenoxy) is 3.